The largest absolute Gasteiger partial charge is 0.452 e. The van der Waals surface area contributed by atoms with Gasteiger partial charge in [-0.1, -0.05) is 13.8 Å². The molecule has 1 aliphatic heterocycles. The van der Waals surface area contributed by atoms with Crippen LogP contribution in [0.25, 0.3) is 0 Å². The molecule has 0 unspecified atom stereocenters. The van der Waals surface area contributed by atoms with E-state index in [1.165, 1.54) is 0 Å². The number of carbonyl (C=O) groups excluding carboxylic acids is 1. The summed E-state index contributed by atoms with van der Waals surface area (Å²) in [5.41, 5.74) is 0.118. The van der Waals surface area contributed by atoms with Crippen LogP contribution in [0.5, 0.6) is 0 Å². The molecule has 0 radical (unpaired) electrons. The molecule has 0 spiro atoms. The van der Waals surface area contributed by atoms with Crippen molar-refractivity contribution in [2.75, 3.05) is 0 Å². The Bertz CT molecular complexity index is 316. The van der Waals surface area contributed by atoms with Gasteiger partial charge in [0.15, 0.2) is 0 Å². The Morgan fingerprint density at radius 1 is 1.50 bits per heavy atom. The van der Waals surface area contributed by atoms with E-state index in [1.54, 1.807) is 6.08 Å². The molecule has 0 saturated heterocycles. The highest BCUT2D eigenvalue weighted by Crippen LogP contribution is 2.50. The molecule has 2 aliphatic rings. The van der Waals surface area contributed by atoms with Crippen LogP contribution < -0.4 is 0 Å². The van der Waals surface area contributed by atoms with Crippen LogP contribution in [0.15, 0.2) is 11.6 Å². The van der Waals surface area contributed by atoms with Gasteiger partial charge < -0.3 is 9.84 Å². The monoisotopic (exact) mass is 196 g/mol. The van der Waals surface area contributed by atoms with Crippen molar-refractivity contribution in [3.63, 3.8) is 0 Å². The molecule has 2 atom stereocenters. The maximum absolute atomic E-state index is 11.2. The van der Waals surface area contributed by atoms with Crippen molar-refractivity contribution in [3.05, 3.63) is 11.6 Å². The summed E-state index contributed by atoms with van der Waals surface area (Å²) in [6.07, 6.45) is 2.57. The molecule has 0 bridgehead atoms. The number of fused-ring (bicyclic) bond motifs is 1. The van der Waals surface area contributed by atoms with Crippen molar-refractivity contribution in [1.29, 1.82) is 0 Å². The average Bonchev–Trinajstić information content (AvgIpc) is 2.37. The summed E-state index contributed by atoms with van der Waals surface area (Å²) >= 11 is 0. The van der Waals surface area contributed by atoms with Crippen LogP contribution in [0.1, 0.15) is 33.6 Å². The lowest BCUT2D eigenvalue weighted by atomic mass is 9.65. The lowest BCUT2D eigenvalue weighted by Gasteiger charge is -2.44. The highest BCUT2D eigenvalue weighted by atomic mass is 16.6. The second-order valence-corrected chi connectivity index (χ2v) is 4.99. The molecular weight excluding hydrogens is 180 g/mol. The fourth-order valence-electron chi connectivity index (χ4n) is 2.58. The van der Waals surface area contributed by atoms with Gasteiger partial charge in [-0.3, -0.25) is 0 Å². The Morgan fingerprint density at radius 2 is 2.14 bits per heavy atom. The minimum atomic E-state index is -0.472. The molecule has 2 rings (SSSR count). The zero-order chi connectivity index (χ0) is 10.6. The van der Waals surface area contributed by atoms with Crippen LogP contribution >= 0.6 is 0 Å². The molecule has 3 heteroatoms. The van der Waals surface area contributed by atoms with Crippen molar-refractivity contribution in [1.82, 2.24) is 0 Å². The molecule has 0 aromatic carbocycles. The normalized spacial score (nSPS) is 40.1. The first kappa shape index (κ1) is 9.71. The maximum atomic E-state index is 11.2. The van der Waals surface area contributed by atoms with Crippen LogP contribution in [0, 0.1) is 5.41 Å². The Balaban J connectivity index is 2.45. The highest BCUT2D eigenvalue weighted by Gasteiger charge is 2.51. The van der Waals surface area contributed by atoms with Crippen LogP contribution in [0.2, 0.25) is 0 Å². The topological polar surface area (TPSA) is 46.5 Å². The van der Waals surface area contributed by atoms with E-state index in [4.69, 9.17) is 4.74 Å². The molecule has 78 valence electrons. The Labute approximate surface area is 83.8 Å². The SMILES string of the molecule is CC1(C)C2=CC(=O)O[C@]2(C)CC[C@@H]1O. The molecule has 1 saturated carbocycles. The van der Waals surface area contributed by atoms with E-state index in [0.29, 0.717) is 6.42 Å². The quantitative estimate of drug-likeness (QED) is 0.596. The van der Waals surface area contributed by atoms with Gasteiger partial charge in [0.2, 0.25) is 0 Å². The fourth-order valence-corrected chi connectivity index (χ4v) is 2.58. The molecule has 14 heavy (non-hydrogen) atoms. The summed E-state index contributed by atoms with van der Waals surface area (Å²) in [5, 5.41) is 9.88. The van der Waals surface area contributed by atoms with Gasteiger partial charge in [0, 0.05) is 11.5 Å². The summed E-state index contributed by atoms with van der Waals surface area (Å²) < 4.78 is 5.29. The number of rotatable bonds is 0. The molecule has 1 aliphatic carbocycles. The van der Waals surface area contributed by atoms with Crippen molar-refractivity contribution < 1.29 is 14.6 Å². The van der Waals surface area contributed by atoms with E-state index in [1.807, 2.05) is 20.8 Å². The smallest absolute Gasteiger partial charge is 0.331 e. The number of hydrogen-bond donors (Lipinski definition) is 1. The molecule has 3 nitrogen and oxygen atoms in total. The van der Waals surface area contributed by atoms with Crippen molar-refractivity contribution >= 4 is 5.97 Å². The van der Waals surface area contributed by atoms with Crippen molar-refractivity contribution in [3.8, 4) is 0 Å². The maximum Gasteiger partial charge on any atom is 0.331 e. The number of aliphatic hydroxyl groups is 1. The Hall–Kier alpha value is -0.830. The number of carbonyl (C=O) groups is 1. The standard InChI is InChI=1S/C11H16O3/c1-10(2)7-6-9(13)14-11(7,3)5-4-8(10)12/h6,8,12H,4-5H2,1-3H3/t8-,11+/m0/s1. The Morgan fingerprint density at radius 3 is 2.79 bits per heavy atom. The van der Waals surface area contributed by atoms with Gasteiger partial charge in [-0.15, -0.1) is 0 Å². The molecule has 1 N–H and O–H groups in total. The zero-order valence-corrected chi connectivity index (χ0v) is 8.83. The van der Waals surface area contributed by atoms with E-state index < -0.39 is 5.60 Å². The van der Waals surface area contributed by atoms with Crippen molar-refractivity contribution in [2.24, 2.45) is 5.41 Å². The predicted octanol–water partition coefficient (Wildman–Crippen LogP) is 1.41. The van der Waals surface area contributed by atoms with Crippen LogP contribution in [-0.4, -0.2) is 22.8 Å². The van der Waals surface area contributed by atoms with E-state index >= 15 is 0 Å². The van der Waals surface area contributed by atoms with Crippen LogP contribution in [0.4, 0.5) is 0 Å². The van der Waals surface area contributed by atoms with Gasteiger partial charge in [0.05, 0.1) is 6.10 Å². The molecular formula is C11H16O3. The van der Waals surface area contributed by atoms with Gasteiger partial charge in [-0.25, -0.2) is 4.79 Å². The first-order chi connectivity index (χ1) is 6.36. The number of aliphatic hydroxyl groups excluding tert-OH is 1. The zero-order valence-electron chi connectivity index (χ0n) is 8.83. The van der Waals surface area contributed by atoms with Crippen LogP contribution in [0.3, 0.4) is 0 Å². The van der Waals surface area contributed by atoms with E-state index in [-0.39, 0.29) is 17.5 Å². The lowest BCUT2D eigenvalue weighted by molar-refractivity contribution is -0.148. The molecule has 0 aromatic heterocycles. The minimum Gasteiger partial charge on any atom is -0.452 e. The third-order valence-electron chi connectivity index (χ3n) is 3.58. The lowest BCUT2D eigenvalue weighted by Crippen LogP contribution is -2.46. The third kappa shape index (κ3) is 1.12. The molecule has 0 aromatic rings. The highest BCUT2D eigenvalue weighted by molar-refractivity contribution is 5.87. The van der Waals surface area contributed by atoms with Gasteiger partial charge in [-0.05, 0) is 25.3 Å². The van der Waals surface area contributed by atoms with Gasteiger partial charge in [0.25, 0.3) is 0 Å². The van der Waals surface area contributed by atoms with E-state index in [0.717, 1.165) is 12.0 Å². The Kier molecular flexibility index (Phi) is 1.80. The first-order valence-electron chi connectivity index (χ1n) is 5.00. The van der Waals surface area contributed by atoms with Gasteiger partial charge >= 0.3 is 5.97 Å². The fraction of sp³-hybridized carbons (Fsp3) is 0.727. The second kappa shape index (κ2) is 2.60. The average molecular weight is 196 g/mol. The summed E-state index contributed by atoms with van der Waals surface area (Å²) in [6.45, 7) is 5.85. The summed E-state index contributed by atoms with van der Waals surface area (Å²) in [5.74, 6) is -0.273. The van der Waals surface area contributed by atoms with Crippen molar-refractivity contribution in [2.45, 2.75) is 45.3 Å². The molecule has 0 amide bonds. The second-order valence-electron chi connectivity index (χ2n) is 4.99. The van der Waals surface area contributed by atoms with Crippen LogP contribution in [-0.2, 0) is 9.53 Å². The minimum absolute atomic E-state index is 0.273. The van der Waals surface area contributed by atoms with E-state index in [9.17, 15) is 9.90 Å². The molecule has 1 fully saturated rings. The first-order valence-corrected chi connectivity index (χ1v) is 5.00. The number of hydrogen-bond acceptors (Lipinski definition) is 3. The molecule has 1 heterocycles. The van der Waals surface area contributed by atoms with Gasteiger partial charge in [0.1, 0.15) is 5.60 Å². The number of esters is 1. The summed E-state index contributed by atoms with van der Waals surface area (Å²) in [4.78, 5) is 11.2. The predicted molar refractivity (Wildman–Crippen MR) is 51.6 cm³/mol. The summed E-state index contributed by atoms with van der Waals surface area (Å²) in [6, 6.07) is 0. The van der Waals surface area contributed by atoms with Gasteiger partial charge in [-0.2, -0.15) is 0 Å². The summed E-state index contributed by atoms with van der Waals surface area (Å²) in [7, 11) is 0. The third-order valence-corrected chi connectivity index (χ3v) is 3.58. The van der Waals surface area contributed by atoms with E-state index in [2.05, 4.69) is 0 Å². The number of ether oxygens (including phenoxy) is 1.